The second-order valence-corrected chi connectivity index (χ2v) is 5.91. The molecule has 0 unspecified atom stereocenters. The fourth-order valence-electron chi connectivity index (χ4n) is 2.05. The minimum Gasteiger partial charge on any atom is -0.464 e. The minimum atomic E-state index is -0.851. The summed E-state index contributed by atoms with van der Waals surface area (Å²) in [6.45, 7) is 1.62. The first-order chi connectivity index (χ1) is 12.0. The van der Waals surface area contributed by atoms with Crippen LogP contribution in [0.2, 0.25) is 5.02 Å². The summed E-state index contributed by atoms with van der Waals surface area (Å²) >= 11 is 5.74. The van der Waals surface area contributed by atoms with E-state index >= 15 is 0 Å². The number of unbranched alkanes of at least 4 members (excludes halogenated alkanes) is 5. The molecule has 140 valence electrons. The van der Waals surface area contributed by atoms with Gasteiger partial charge in [0.05, 0.1) is 11.6 Å². The van der Waals surface area contributed by atoms with Crippen molar-refractivity contribution in [1.82, 2.24) is 0 Å². The number of halogens is 2. The fraction of sp³-hybridized carbons (Fsp3) is 0.556. The monoisotopic (exact) mass is 374 g/mol. The molecular weight excluding hydrogens is 351 g/mol. The molecule has 5 nitrogen and oxygen atoms in total. The molecule has 7 heteroatoms. The molecule has 0 spiro atoms. The molecule has 0 amide bonds. The van der Waals surface area contributed by atoms with Crippen LogP contribution in [-0.2, 0) is 19.1 Å². The molecule has 1 aromatic rings. The van der Waals surface area contributed by atoms with Gasteiger partial charge in [0, 0.05) is 0 Å². The third kappa shape index (κ3) is 9.41. The molecule has 0 bridgehead atoms. The number of hydrogen-bond acceptors (Lipinski definition) is 5. The topological polar surface area (TPSA) is 61.8 Å². The van der Waals surface area contributed by atoms with Crippen molar-refractivity contribution in [3.63, 3.8) is 0 Å². The third-order valence-electron chi connectivity index (χ3n) is 3.34. The Bertz CT molecular complexity index is 530. The van der Waals surface area contributed by atoms with Crippen molar-refractivity contribution in [2.24, 2.45) is 0 Å². The molecule has 0 atom stereocenters. The van der Waals surface area contributed by atoms with Gasteiger partial charge in [-0.15, -0.1) is 0 Å². The van der Waals surface area contributed by atoms with Crippen molar-refractivity contribution in [2.75, 3.05) is 19.8 Å². The van der Waals surface area contributed by atoms with E-state index in [4.69, 9.17) is 25.8 Å². The van der Waals surface area contributed by atoms with Crippen LogP contribution < -0.4 is 4.74 Å². The van der Waals surface area contributed by atoms with Crippen LogP contribution in [0.25, 0.3) is 0 Å². The van der Waals surface area contributed by atoms with E-state index in [1.165, 1.54) is 31.4 Å². The molecule has 0 aromatic heterocycles. The first kappa shape index (κ1) is 21.4. The van der Waals surface area contributed by atoms with Crippen molar-refractivity contribution < 1.29 is 28.2 Å². The van der Waals surface area contributed by atoms with E-state index in [9.17, 15) is 14.0 Å². The number of esters is 2. The van der Waals surface area contributed by atoms with Gasteiger partial charge in [-0.1, -0.05) is 56.7 Å². The average molecular weight is 375 g/mol. The summed E-state index contributed by atoms with van der Waals surface area (Å²) < 4.78 is 28.1. The van der Waals surface area contributed by atoms with Gasteiger partial charge in [-0.2, -0.15) is 0 Å². The molecule has 0 heterocycles. The van der Waals surface area contributed by atoms with Crippen molar-refractivity contribution in [1.29, 1.82) is 0 Å². The van der Waals surface area contributed by atoms with Crippen molar-refractivity contribution in [2.45, 2.75) is 45.4 Å². The smallest absolute Gasteiger partial charge is 0.337 e. The van der Waals surface area contributed by atoms with Crippen LogP contribution in [0.5, 0.6) is 5.75 Å². The van der Waals surface area contributed by atoms with Crippen LogP contribution in [-0.4, -0.2) is 31.8 Å². The summed E-state index contributed by atoms with van der Waals surface area (Å²) in [5.74, 6) is -2.51. The molecule has 0 fully saturated rings. The minimum absolute atomic E-state index is 0.0216. The molecule has 1 rings (SSSR count). The predicted octanol–water partition coefficient (Wildman–Crippen LogP) is 4.30. The summed E-state index contributed by atoms with van der Waals surface area (Å²) in [4.78, 5) is 23.0. The quantitative estimate of drug-likeness (QED) is 0.310. The molecule has 0 N–H and O–H groups in total. The Kier molecular flexibility index (Phi) is 10.8. The largest absolute Gasteiger partial charge is 0.464 e. The number of benzene rings is 1. The number of carbonyl (C=O) groups is 2. The molecule has 0 saturated heterocycles. The fourth-order valence-corrected chi connectivity index (χ4v) is 2.25. The zero-order valence-electron chi connectivity index (χ0n) is 14.4. The molecule has 0 radical (unpaired) electrons. The van der Waals surface area contributed by atoms with E-state index in [-0.39, 0.29) is 17.4 Å². The van der Waals surface area contributed by atoms with Gasteiger partial charge in [0.2, 0.25) is 0 Å². The van der Waals surface area contributed by atoms with Gasteiger partial charge < -0.3 is 14.2 Å². The van der Waals surface area contributed by atoms with Gasteiger partial charge >= 0.3 is 11.9 Å². The Hall–Kier alpha value is -1.66. The summed E-state index contributed by atoms with van der Waals surface area (Å²) in [6.07, 6.45) is 6.57. The summed E-state index contributed by atoms with van der Waals surface area (Å²) in [5, 5.41) is -0.0216. The van der Waals surface area contributed by atoms with E-state index < -0.39 is 24.4 Å². The van der Waals surface area contributed by atoms with Crippen LogP contribution in [0.3, 0.4) is 0 Å². The molecule has 0 saturated carbocycles. The zero-order valence-corrected chi connectivity index (χ0v) is 15.1. The lowest BCUT2D eigenvalue weighted by atomic mass is 10.1. The highest BCUT2D eigenvalue weighted by Gasteiger charge is 2.14. The van der Waals surface area contributed by atoms with Gasteiger partial charge in [0.1, 0.15) is 13.2 Å². The molecule has 0 aliphatic rings. The Morgan fingerprint density at radius 1 is 1.04 bits per heavy atom. The van der Waals surface area contributed by atoms with Crippen molar-refractivity contribution >= 4 is 23.5 Å². The number of rotatable bonds is 12. The highest BCUT2D eigenvalue weighted by atomic mass is 35.5. The normalized spacial score (nSPS) is 10.5. The second-order valence-electron chi connectivity index (χ2n) is 5.51. The van der Waals surface area contributed by atoms with Gasteiger partial charge in [0.15, 0.2) is 11.6 Å². The lowest BCUT2D eigenvalue weighted by Crippen LogP contribution is -2.21. The van der Waals surface area contributed by atoms with Gasteiger partial charge in [-0.25, -0.2) is 14.0 Å². The number of hydrogen-bond donors (Lipinski definition) is 0. The van der Waals surface area contributed by atoms with E-state index in [1.807, 2.05) is 0 Å². The lowest BCUT2D eigenvalue weighted by Gasteiger charge is -2.08. The molecule has 0 aliphatic carbocycles. The van der Waals surface area contributed by atoms with E-state index in [0.29, 0.717) is 6.61 Å². The van der Waals surface area contributed by atoms with Gasteiger partial charge in [-0.3, -0.25) is 0 Å². The standard InChI is InChI=1S/C18H24ClFO5/c1-2-3-4-5-6-7-11-24-16(21)12-23-13-17(22)25-18-14(19)9-8-10-15(18)20/h8-10H,2-7,11-13H2,1H3. The second kappa shape index (κ2) is 12.7. The van der Waals surface area contributed by atoms with E-state index in [1.54, 1.807) is 0 Å². The van der Waals surface area contributed by atoms with Crippen LogP contribution in [0, 0.1) is 5.82 Å². The Balaban J connectivity index is 2.11. The van der Waals surface area contributed by atoms with Crippen molar-refractivity contribution in [3.05, 3.63) is 29.0 Å². The predicted molar refractivity (Wildman–Crippen MR) is 92.2 cm³/mol. The molecule has 25 heavy (non-hydrogen) atoms. The van der Waals surface area contributed by atoms with Crippen LogP contribution in [0.1, 0.15) is 45.4 Å². The van der Waals surface area contributed by atoms with E-state index in [2.05, 4.69) is 6.92 Å². The lowest BCUT2D eigenvalue weighted by molar-refractivity contribution is -0.152. The highest BCUT2D eigenvalue weighted by molar-refractivity contribution is 6.32. The van der Waals surface area contributed by atoms with E-state index in [0.717, 1.165) is 25.3 Å². The Labute approximate surface area is 152 Å². The zero-order chi connectivity index (χ0) is 18.5. The first-order valence-corrected chi connectivity index (χ1v) is 8.80. The first-order valence-electron chi connectivity index (χ1n) is 8.42. The number of para-hydroxylation sites is 1. The summed E-state index contributed by atoms with van der Waals surface area (Å²) in [5.41, 5.74) is 0. The number of ether oxygens (including phenoxy) is 3. The molecule has 0 aliphatic heterocycles. The maximum absolute atomic E-state index is 13.5. The van der Waals surface area contributed by atoms with Crippen molar-refractivity contribution in [3.8, 4) is 5.75 Å². The highest BCUT2D eigenvalue weighted by Crippen LogP contribution is 2.27. The summed E-state index contributed by atoms with van der Waals surface area (Å²) in [7, 11) is 0. The summed E-state index contributed by atoms with van der Waals surface area (Å²) in [6, 6.07) is 3.91. The average Bonchev–Trinajstić information content (AvgIpc) is 2.57. The van der Waals surface area contributed by atoms with Gasteiger partial charge in [0.25, 0.3) is 0 Å². The maximum atomic E-state index is 13.5. The van der Waals surface area contributed by atoms with Gasteiger partial charge in [-0.05, 0) is 18.6 Å². The molecular formula is C18H24ClFO5. The van der Waals surface area contributed by atoms with Crippen LogP contribution >= 0.6 is 11.6 Å². The van der Waals surface area contributed by atoms with Crippen LogP contribution in [0.15, 0.2) is 18.2 Å². The van der Waals surface area contributed by atoms with Crippen LogP contribution in [0.4, 0.5) is 4.39 Å². The maximum Gasteiger partial charge on any atom is 0.337 e. The SMILES string of the molecule is CCCCCCCCOC(=O)COCC(=O)Oc1c(F)cccc1Cl. The molecule has 1 aromatic carbocycles. The Morgan fingerprint density at radius 3 is 2.44 bits per heavy atom. The number of carbonyl (C=O) groups excluding carboxylic acids is 2. The third-order valence-corrected chi connectivity index (χ3v) is 3.63. The Morgan fingerprint density at radius 2 is 1.72 bits per heavy atom.